The van der Waals surface area contributed by atoms with E-state index in [1.807, 2.05) is 31.2 Å². The quantitative estimate of drug-likeness (QED) is 0.886. The van der Waals surface area contributed by atoms with Crippen LogP contribution in [0.3, 0.4) is 0 Å². The second-order valence-corrected chi connectivity index (χ2v) is 4.06. The fourth-order valence-corrected chi connectivity index (χ4v) is 1.74. The van der Waals surface area contributed by atoms with Gasteiger partial charge in [-0.1, -0.05) is 11.3 Å². The number of hydrogen-bond donors (Lipinski definition) is 1. The van der Waals surface area contributed by atoms with E-state index in [0.717, 1.165) is 11.5 Å². The Balaban J connectivity index is 2.05. The van der Waals surface area contributed by atoms with Gasteiger partial charge in [-0.2, -0.15) is 0 Å². The average molecular weight is 236 g/mol. The van der Waals surface area contributed by atoms with E-state index in [1.54, 1.807) is 6.20 Å². The van der Waals surface area contributed by atoms with E-state index in [1.165, 1.54) is 11.3 Å². The van der Waals surface area contributed by atoms with Crippen molar-refractivity contribution in [3.63, 3.8) is 0 Å². The Kier molecular flexibility index (Phi) is 3.26. The molecule has 0 atom stereocenters. The molecule has 0 unspecified atom stereocenters. The van der Waals surface area contributed by atoms with Crippen LogP contribution >= 0.6 is 11.3 Å². The first-order valence-electron chi connectivity index (χ1n) is 4.90. The van der Waals surface area contributed by atoms with Gasteiger partial charge in [0.25, 0.3) is 5.19 Å². The van der Waals surface area contributed by atoms with Crippen molar-refractivity contribution in [2.45, 2.75) is 6.92 Å². The molecule has 0 aliphatic rings. The van der Waals surface area contributed by atoms with E-state index in [0.29, 0.717) is 16.8 Å². The maximum Gasteiger partial charge on any atom is 0.280 e. The molecule has 2 aromatic rings. The SMILES string of the molecule is CCOc1ccc(Oc2ncc(N)s2)cc1. The summed E-state index contributed by atoms with van der Waals surface area (Å²) in [6, 6.07) is 7.39. The molecule has 0 fully saturated rings. The number of nitrogen functional groups attached to an aromatic ring is 1. The molecule has 1 aromatic heterocycles. The standard InChI is InChI=1S/C11H12N2O2S/c1-2-14-8-3-5-9(6-4-8)15-11-13-7-10(12)16-11/h3-7H,2,12H2,1H3. The molecule has 0 aliphatic carbocycles. The van der Waals surface area contributed by atoms with Crippen molar-refractivity contribution in [1.29, 1.82) is 0 Å². The highest BCUT2D eigenvalue weighted by molar-refractivity contribution is 7.17. The van der Waals surface area contributed by atoms with Crippen LogP contribution in [0.5, 0.6) is 16.7 Å². The molecule has 4 nitrogen and oxygen atoms in total. The number of nitrogens with two attached hydrogens (primary N) is 1. The molecule has 0 saturated heterocycles. The predicted octanol–water partition coefficient (Wildman–Crippen LogP) is 2.92. The molecule has 1 aromatic carbocycles. The van der Waals surface area contributed by atoms with Gasteiger partial charge in [-0.3, -0.25) is 0 Å². The maximum absolute atomic E-state index is 5.55. The van der Waals surface area contributed by atoms with Crippen LogP contribution in [0.4, 0.5) is 5.00 Å². The number of thiazole rings is 1. The van der Waals surface area contributed by atoms with Crippen molar-refractivity contribution in [1.82, 2.24) is 4.98 Å². The Labute approximate surface area is 97.6 Å². The summed E-state index contributed by atoms with van der Waals surface area (Å²) < 4.78 is 10.8. The summed E-state index contributed by atoms with van der Waals surface area (Å²) in [7, 11) is 0. The van der Waals surface area contributed by atoms with Gasteiger partial charge in [0.15, 0.2) is 0 Å². The summed E-state index contributed by atoms with van der Waals surface area (Å²) in [6.07, 6.45) is 1.58. The van der Waals surface area contributed by atoms with Crippen molar-refractivity contribution in [2.75, 3.05) is 12.3 Å². The summed E-state index contributed by atoms with van der Waals surface area (Å²) in [6.45, 7) is 2.60. The fraction of sp³-hybridized carbons (Fsp3) is 0.182. The number of anilines is 1. The second-order valence-electron chi connectivity index (χ2n) is 3.04. The first-order valence-corrected chi connectivity index (χ1v) is 5.71. The van der Waals surface area contributed by atoms with Crippen molar-refractivity contribution in [3.8, 4) is 16.7 Å². The van der Waals surface area contributed by atoms with Crippen LogP contribution in [0.25, 0.3) is 0 Å². The van der Waals surface area contributed by atoms with Gasteiger partial charge in [0.1, 0.15) is 16.5 Å². The predicted molar refractivity (Wildman–Crippen MR) is 64.2 cm³/mol. The molecule has 2 rings (SSSR count). The van der Waals surface area contributed by atoms with E-state index in [9.17, 15) is 0 Å². The molecule has 0 bridgehead atoms. The van der Waals surface area contributed by atoms with E-state index in [2.05, 4.69) is 4.98 Å². The van der Waals surface area contributed by atoms with E-state index in [4.69, 9.17) is 15.2 Å². The lowest BCUT2D eigenvalue weighted by atomic mass is 10.3. The summed E-state index contributed by atoms with van der Waals surface area (Å²) >= 11 is 1.31. The van der Waals surface area contributed by atoms with Crippen molar-refractivity contribution >= 4 is 16.3 Å². The van der Waals surface area contributed by atoms with Gasteiger partial charge in [0.05, 0.1) is 12.8 Å². The van der Waals surface area contributed by atoms with Crippen molar-refractivity contribution in [3.05, 3.63) is 30.5 Å². The highest BCUT2D eigenvalue weighted by Gasteiger charge is 2.02. The Hall–Kier alpha value is -1.75. The number of nitrogens with zero attached hydrogens (tertiary/aromatic N) is 1. The highest BCUT2D eigenvalue weighted by atomic mass is 32.1. The Morgan fingerprint density at radius 2 is 1.94 bits per heavy atom. The maximum atomic E-state index is 5.55. The smallest absolute Gasteiger partial charge is 0.280 e. The minimum atomic E-state index is 0.543. The van der Waals surface area contributed by atoms with E-state index in [-0.39, 0.29) is 0 Å². The van der Waals surface area contributed by atoms with Crippen LogP contribution in [0.1, 0.15) is 6.92 Å². The van der Waals surface area contributed by atoms with Gasteiger partial charge in [-0.25, -0.2) is 4.98 Å². The third-order valence-corrected chi connectivity index (χ3v) is 2.55. The van der Waals surface area contributed by atoms with Crippen LogP contribution < -0.4 is 15.2 Å². The normalized spacial score (nSPS) is 10.1. The Morgan fingerprint density at radius 1 is 1.25 bits per heavy atom. The zero-order valence-corrected chi connectivity index (χ0v) is 9.66. The van der Waals surface area contributed by atoms with Gasteiger partial charge in [0, 0.05) is 0 Å². The molecule has 0 saturated carbocycles. The van der Waals surface area contributed by atoms with Crippen LogP contribution in [0.15, 0.2) is 30.5 Å². The molecule has 5 heteroatoms. The molecular formula is C11H12N2O2S. The van der Waals surface area contributed by atoms with Crippen molar-refractivity contribution < 1.29 is 9.47 Å². The molecule has 16 heavy (non-hydrogen) atoms. The number of ether oxygens (including phenoxy) is 2. The first kappa shape index (κ1) is 10.8. The van der Waals surface area contributed by atoms with Crippen LogP contribution in [-0.2, 0) is 0 Å². The Morgan fingerprint density at radius 3 is 2.50 bits per heavy atom. The summed E-state index contributed by atoms with van der Waals surface area (Å²) in [5.74, 6) is 1.55. The minimum Gasteiger partial charge on any atom is -0.494 e. The third kappa shape index (κ3) is 2.64. The lowest BCUT2D eigenvalue weighted by Crippen LogP contribution is -1.90. The third-order valence-electron chi connectivity index (χ3n) is 1.84. The molecule has 1 heterocycles. The van der Waals surface area contributed by atoms with Crippen molar-refractivity contribution in [2.24, 2.45) is 0 Å². The number of hydrogen-bond acceptors (Lipinski definition) is 5. The van der Waals surface area contributed by atoms with Crippen LogP contribution in [0.2, 0.25) is 0 Å². The zero-order chi connectivity index (χ0) is 11.4. The summed E-state index contributed by atoms with van der Waals surface area (Å²) in [4.78, 5) is 4.01. The van der Waals surface area contributed by atoms with Gasteiger partial charge in [-0.05, 0) is 31.2 Å². The first-order chi connectivity index (χ1) is 7.78. The largest absolute Gasteiger partial charge is 0.494 e. The monoisotopic (exact) mass is 236 g/mol. The fourth-order valence-electron chi connectivity index (χ4n) is 1.19. The molecule has 0 spiro atoms. The summed E-state index contributed by atoms with van der Waals surface area (Å²) in [5, 5.41) is 1.18. The lowest BCUT2D eigenvalue weighted by molar-refractivity contribution is 0.339. The Bertz CT molecular complexity index is 453. The van der Waals surface area contributed by atoms with E-state index < -0.39 is 0 Å². The second kappa shape index (κ2) is 4.85. The summed E-state index contributed by atoms with van der Waals surface area (Å²) in [5.41, 5.74) is 5.55. The zero-order valence-electron chi connectivity index (χ0n) is 8.84. The molecular weight excluding hydrogens is 224 g/mol. The number of rotatable bonds is 4. The van der Waals surface area contributed by atoms with Gasteiger partial charge >= 0.3 is 0 Å². The van der Waals surface area contributed by atoms with Gasteiger partial charge in [0.2, 0.25) is 0 Å². The van der Waals surface area contributed by atoms with Crippen LogP contribution in [-0.4, -0.2) is 11.6 Å². The molecule has 0 radical (unpaired) electrons. The highest BCUT2D eigenvalue weighted by Crippen LogP contribution is 2.28. The van der Waals surface area contributed by atoms with Crippen LogP contribution in [0, 0.1) is 0 Å². The molecule has 84 valence electrons. The van der Waals surface area contributed by atoms with E-state index >= 15 is 0 Å². The number of aromatic nitrogens is 1. The average Bonchev–Trinajstić information content (AvgIpc) is 2.67. The molecule has 2 N–H and O–H groups in total. The van der Waals surface area contributed by atoms with Gasteiger partial charge < -0.3 is 15.2 Å². The molecule has 0 aliphatic heterocycles. The lowest BCUT2D eigenvalue weighted by Gasteiger charge is -2.04. The molecule has 0 amide bonds. The van der Waals surface area contributed by atoms with Gasteiger partial charge in [-0.15, -0.1) is 0 Å². The topological polar surface area (TPSA) is 57.4 Å². The minimum absolute atomic E-state index is 0.543. The number of benzene rings is 1.